The number of aromatic nitrogens is 3. The van der Waals surface area contributed by atoms with Crippen molar-refractivity contribution in [2.75, 3.05) is 5.32 Å². The predicted molar refractivity (Wildman–Crippen MR) is 75.3 cm³/mol. The van der Waals surface area contributed by atoms with Crippen LogP contribution in [0.1, 0.15) is 0 Å². The number of anilines is 2. The first-order chi connectivity index (χ1) is 9.63. The van der Waals surface area contributed by atoms with Gasteiger partial charge in [-0.15, -0.1) is 0 Å². The zero-order valence-electron chi connectivity index (χ0n) is 10.0. The Kier molecular flexibility index (Phi) is 2.96. The zero-order valence-corrected chi connectivity index (χ0v) is 10.8. The van der Waals surface area contributed by atoms with Crippen molar-refractivity contribution in [3.63, 3.8) is 0 Å². The molecule has 7 nitrogen and oxygen atoms in total. The SMILES string of the molecule is O=[N+]([O-])c1ccc(Cl)nc1Nc1ccc2[nH]ncc2c1. The number of fused-ring (bicyclic) bond motifs is 1. The second-order valence-electron chi connectivity index (χ2n) is 4.06. The van der Waals surface area contributed by atoms with Crippen LogP contribution in [0.4, 0.5) is 17.2 Å². The molecule has 1 aromatic carbocycles. The van der Waals surface area contributed by atoms with Crippen LogP contribution in [-0.4, -0.2) is 20.1 Å². The molecular weight excluding hydrogens is 282 g/mol. The average molecular weight is 290 g/mol. The van der Waals surface area contributed by atoms with Gasteiger partial charge in [-0.2, -0.15) is 5.10 Å². The van der Waals surface area contributed by atoms with Crippen molar-refractivity contribution in [2.45, 2.75) is 0 Å². The molecule has 0 amide bonds. The number of halogens is 1. The molecule has 0 fully saturated rings. The van der Waals surface area contributed by atoms with Gasteiger partial charge in [-0.1, -0.05) is 11.6 Å². The van der Waals surface area contributed by atoms with Gasteiger partial charge in [0.2, 0.25) is 5.82 Å². The number of H-pyrrole nitrogens is 1. The van der Waals surface area contributed by atoms with E-state index in [1.807, 2.05) is 12.1 Å². The topological polar surface area (TPSA) is 96.7 Å². The van der Waals surface area contributed by atoms with Crippen LogP contribution >= 0.6 is 11.6 Å². The Morgan fingerprint density at radius 2 is 2.15 bits per heavy atom. The van der Waals surface area contributed by atoms with E-state index in [1.165, 1.54) is 12.1 Å². The monoisotopic (exact) mass is 289 g/mol. The van der Waals surface area contributed by atoms with E-state index in [-0.39, 0.29) is 16.7 Å². The molecule has 0 saturated heterocycles. The Morgan fingerprint density at radius 1 is 1.30 bits per heavy atom. The third-order valence-corrected chi connectivity index (χ3v) is 2.95. The summed E-state index contributed by atoms with van der Waals surface area (Å²) < 4.78 is 0. The second-order valence-corrected chi connectivity index (χ2v) is 4.44. The summed E-state index contributed by atoms with van der Waals surface area (Å²) >= 11 is 5.78. The smallest absolute Gasteiger partial charge is 0.311 e. The fourth-order valence-electron chi connectivity index (χ4n) is 1.82. The first-order valence-corrected chi connectivity index (χ1v) is 6.02. The molecule has 0 unspecified atom stereocenters. The minimum Gasteiger partial charge on any atom is -0.334 e. The number of nitrogens with one attached hydrogen (secondary N) is 2. The number of nitrogens with zero attached hydrogens (tertiary/aromatic N) is 3. The number of rotatable bonds is 3. The molecule has 20 heavy (non-hydrogen) atoms. The van der Waals surface area contributed by atoms with Crippen LogP contribution in [0, 0.1) is 10.1 Å². The molecule has 3 rings (SSSR count). The second kappa shape index (κ2) is 4.78. The number of benzene rings is 1. The molecule has 2 heterocycles. The van der Waals surface area contributed by atoms with Crippen LogP contribution in [0.2, 0.25) is 5.15 Å². The molecule has 0 saturated carbocycles. The molecule has 0 aliphatic carbocycles. The van der Waals surface area contributed by atoms with E-state index in [9.17, 15) is 10.1 Å². The van der Waals surface area contributed by atoms with E-state index in [0.29, 0.717) is 5.69 Å². The average Bonchev–Trinajstić information content (AvgIpc) is 2.85. The summed E-state index contributed by atoms with van der Waals surface area (Å²) in [6.07, 6.45) is 1.67. The molecule has 0 atom stereocenters. The van der Waals surface area contributed by atoms with Gasteiger partial charge in [-0.05, 0) is 24.3 Å². The summed E-state index contributed by atoms with van der Waals surface area (Å²) in [5.74, 6) is 0.102. The fourth-order valence-corrected chi connectivity index (χ4v) is 1.97. The Labute approximate surface area is 117 Å². The van der Waals surface area contributed by atoms with Crippen molar-refractivity contribution in [3.05, 3.63) is 51.8 Å². The summed E-state index contributed by atoms with van der Waals surface area (Å²) in [7, 11) is 0. The van der Waals surface area contributed by atoms with E-state index in [4.69, 9.17) is 11.6 Å². The molecule has 100 valence electrons. The van der Waals surface area contributed by atoms with Crippen molar-refractivity contribution in [3.8, 4) is 0 Å². The lowest BCUT2D eigenvalue weighted by molar-refractivity contribution is -0.384. The molecule has 0 bridgehead atoms. The van der Waals surface area contributed by atoms with Crippen LogP contribution in [0.25, 0.3) is 10.9 Å². The van der Waals surface area contributed by atoms with Crippen molar-refractivity contribution in [1.82, 2.24) is 15.2 Å². The van der Waals surface area contributed by atoms with Crippen molar-refractivity contribution in [1.29, 1.82) is 0 Å². The van der Waals surface area contributed by atoms with Gasteiger partial charge in [0.25, 0.3) is 0 Å². The molecule has 3 aromatic rings. The lowest BCUT2D eigenvalue weighted by Crippen LogP contribution is -1.99. The highest BCUT2D eigenvalue weighted by Crippen LogP contribution is 2.28. The summed E-state index contributed by atoms with van der Waals surface area (Å²) in [6, 6.07) is 8.09. The maximum Gasteiger partial charge on any atom is 0.311 e. The number of hydrogen-bond donors (Lipinski definition) is 2. The Balaban J connectivity index is 2.01. The molecule has 2 aromatic heterocycles. The van der Waals surface area contributed by atoms with E-state index in [2.05, 4.69) is 20.5 Å². The van der Waals surface area contributed by atoms with Gasteiger partial charge < -0.3 is 5.32 Å². The molecule has 0 radical (unpaired) electrons. The van der Waals surface area contributed by atoms with Gasteiger partial charge in [0.05, 0.1) is 16.6 Å². The van der Waals surface area contributed by atoms with Crippen LogP contribution in [-0.2, 0) is 0 Å². The van der Waals surface area contributed by atoms with Gasteiger partial charge >= 0.3 is 5.69 Å². The van der Waals surface area contributed by atoms with E-state index >= 15 is 0 Å². The molecule has 0 aliphatic rings. The number of nitro groups is 1. The lowest BCUT2D eigenvalue weighted by Gasteiger charge is -2.06. The lowest BCUT2D eigenvalue weighted by atomic mass is 10.2. The van der Waals surface area contributed by atoms with Gasteiger partial charge in [-0.3, -0.25) is 15.2 Å². The Bertz CT molecular complexity index is 801. The third-order valence-electron chi connectivity index (χ3n) is 2.74. The first kappa shape index (κ1) is 12.4. The van der Waals surface area contributed by atoms with Gasteiger partial charge in [0, 0.05) is 17.1 Å². The highest BCUT2D eigenvalue weighted by Gasteiger charge is 2.16. The Morgan fingerprint density at radius 3 is 2.95 bits per heavy atom. The van der Waals surface area contributed by atoms with Crippen LogP contribution < -0.4 is 5.32 Å². The van der Waals surface area contributed by atoms with Crippen LogP contribution in [0.3, 0.4) is 0 Å². The third kappa shape index (κ3) is 2.26. The number of pyridine rings is 1. The maximum absolute atomic E-state index is 11.0. The van der Waals surface area contributed by atoms with E-state index in [0.717, 1.165) is 10.9 Å². The normalized spacial score (nSPS) is 10.7. The van der Waals surface area contributed by atoms with Crippen molar-refractivity contribution >= 4 is 39.7 Å². The highest BCUT2D eigenvalue weighted by atomic mass is 35.5. The standard InChI is InChI=1S/C12H8ClN5O2/c13-11-4-3-10(18(19)20)12(16-11)15-8-1-2-9-7(5-8)6-14-17-9/h1-6H,(H,14,17)(H,15,16). The highest BCUT2D eigenvalue weighted by molar-refractivity contribution is 6.29. The Hall–Kier alpha value is -2.67. The number of hydrogen-bond acceptors (Lipinski definition) is 5. The number of aromatic amines is 1. The molecule has 2 N–H and O–H groups in total. The maximum atomic E-state index is 11.0. The minimum atomic E-state index is -0.512. The first-order valence-electron chi connectivity index (χ1n) is 5.64. The van der Waals surface area contributed by atoms with Crippen molar-refractivity contribution in [2.24, 2.45) is 0 Å². The fraction of sp³-hybridized carbons (Fsp3) is 0. The minimum absolute atomic E-state index is 0.102. The van der Waals surface area contributed by atoms with Crippen molar-refractivity contribution < 1.29 is 4.92 Å². The summed E-state index contributed by atoms with van der Waals surface area (Å²) in [5.41, 5.74) is 1.41. The van der Waals surface area contributed by atoms with E-state index in [1.54, 1.807) is 12.3 Å². The quantitative estimate of drug-likeness (QED) is 0.438. The van der Waals surface area contributed by atoms with Gasteiger partial charge in [0.15, 0.2) is 0 Å². The molecule has 8 heteroatoms. The van der Waals surface area contributed by atoms with Gasteiger partial charge in [0.1, 0.15) is 5.15 Å². The van der Waals surface area contributed by atoms with E-state index < -0.39 is 4.92 Å². The predicted octanol–water partition coefficient (Wildman–Crippen LogP) is 3.26. The summed E-state index contributed by atoms with van der Waals surface area (Å²) in [5, 5.41) is 21.7. The molecule has 0 aliphatic heterocycles. The zero-order chi connectivity index (χ0) is 14.1. The molecular formula is C12H8ClN5O2. The van der Waals surface area contributed by atoms with Crippen LogP contribution in [0.5, 0.6) is 0 Å². The van der Waals surface area contributed by atoms with Gasteiger partial charge in [-0.25, -0.2) is 4.98 Å². The largest absolute Gasteiger partial charge is 0.334 e. The summed E-state index contributed by atoms with van der Waals surface area (Å²) in [6.45, 7) is 0. The molecule has 0 spiro atoms. The summed E-state index contributed by atoms with van der Waals surface area (Å²) in [4.78, 5) is 14.4. The van der Waals surface area contributed by atoms with Crippen LogP contribution in [0.15, 0.2) is 36.5 Å².